The van der Waals surface area contributed by atoms with Crippen molar-refractivity contribution < 1.29 is 19.0 Å². The van der Waals surface area contributed by atoms with Crippen molar-refractivity contribution in [3.8, 4) is 11.5 Å². The summed E-state index contributed by atoms with van der Waals surface area (Å²) in [5.41, 5.74) is 4.03. The number of halogens is 1. The fourth-order valence-corrected chi connectivity index (χ4v) is 4.53. The van der Waals surface area contributed by atoms with Crippen LogP contribution in [0.25, 0.3) is 0 Å². The van der Waals surface area contributed by atoms with Gasteiger partial charge in [0.25, 0.3) is 0 Å². The Kier molecular flexibility index (Phi) is 9.28. The minimum Gasteiger partial charge on any atom is -0.497 e. The lowest BCUT2D eigenvalue weighted by Crippen LogP contribution is -2.50. The third-order valence-corrected chi connectivity index (χ3v) is 6.76. The van der Waals surface area contributed by atoms with Gasteiger partial charge >= 0.3 is 6.03 Å². The Balaban J connectivity index is 1.36. The van der Waals surface area contributed by atoms with Gasteiger partial charge in [-0.2, -0.15) is 0 Å². The van der Waals surface area contributed by atoms with E-state index in [4.69, 9.17) is 25.8 Å². The van der Waals surface area contributed by atoms with E-state index in [0.717, 1.165) is 30.8 Å². The van der Waals surface area contributed by atoms with E-state index < -0.39 is 0 Å². The van der Waals surface area contributed by atoms with Gasteiger partial charge in [0.05, 0.1) is 32.6 Å². The van der Waals surface area contributed by atoms with Crippen molar-refractivity contribution in [2.45, 2.75) is 19.6 Å². The number of carbonyl (C=O) groups is 1. The topological polar surface area (TPSA) is 63.3 Å². The van der Waals surface area contributed by atoms with Crippen LogP contribution in [0.15, 0.2) is 66.7 Å². The summed E-state index contributed by atoms with van der Waals surface area (Å²) in [7, 11) is 3.17. The summed E-state index contributed by atoms with van der Waals surface area (Å²) in [6.45, 7) is 6.07. The number of hydrogen-bond donors (Lipinski definition) is 1. The van der Waals surface area contributed by atoms with Crippen molar-refractivity contribution in [2.24, 2.45) is 0 Å². The molecule has 0 saturated carbocycles. The summed E-state index contributed by atoms with van der Waals surface area (Å²) in [6, 6.07) is 21.4. The van der Waals surface area contributed by atoms with Crippen molar-refractivity contribution in [2.75, 3.05) is 52.3 Å². The summed E-state index contributed by atoms with van der Waals surface area (Å²) in [5.74, 6) is 1.24. The first-order chi connectivity index (χ1) is 17.9. The van der Waals surface area contributed by atoms with Crippen LogP contribution in [-0.4, -0.2) is 62.8 Å². The van der Waals surface area contributed by atoms with E-state index >= 15 is 0 Å². The fourth-order valence-electron chi connectivity index (χ4n) is 4.40. The monoisotopic (exact) mass is 523 g/mol. The number of ether oxygens (including phenoxy) is 3. The molecule has 4 rings (SSSR count). The lowest BCUT2D eigenvalue weighted by Gasteiger charge is -2.36. The van der Waals surface area contributed by atoms with Gasteiger partial charge < -0.3 is 24.4 Å². The molecule has 3 aromatic carbocycles. The van der Waals surface area contributed by atoms with E-state index in [-0.39, 0.29) is 12.1 Å². The van der Waals surface area contributed by atoms with Crippen LogP contribution >= 0.6 is 11.6 Å². The number of hydrogen-bond acceptors (Lipinski definition) is 5. The van der Waals surface area contributed by atoms with Gasteiger partial charge in [0.2, 0.25) is 0 Å². The molecule has 1 aliphatic rings. The summed E-state index contributed by atoms with van der Waals surface area (Å²) in [6.07, 6.45) is -0.112. The quantitative estimate of drug-likeness (QED) is 0.385. The summed E-state index contributed by atoms with van der Waals surface area (Å²) in [4.78, 5) is 17.1. The van der Waals surface area contributed by atoms with Gasteiger partial charge in [0.15, 0.2) is 0 Å². The van der Waals surface area contributed by atoms with Crippen LogP contribution in [0.5, 0.6) is 11.5 Å². The number of methoxy groups -OCH3 is 2. The Morgan fingerprint density at radius 2 is 1.73 bits per heavy atom. The first-order valence-corrected chi connectivity index (χ1v) is 12.8. The third-order valence-electron chi connectivity index (χ3n) is 6.51. The number of piperazine rings is 1. The van der Waals surface area contributed by atoms with Crippen molar-refractivity contribution in [1.29, 1.82) is 0 Å². The van der Waals surface area contributed by atoms with E-state index in [2.05, 4.69) is 41.4 Å². The highest BCUT2D eigenvalue weighted by Crippen LogP contribution is 2.29. The molecule has 0 bridgehead atoms. The average molecular weight is 524 g/mol. The second kappa shape index (κ2) is 12.8. The Hall–Kier alpha value is -3.26. The summed E-state index contributed by atoms with van der Waals surface area (Å²) >= 11 is 6.13. The number of nitrogens with one attached hydrogen (secondary N) is 1. The third kappa shape index (κ3) is 7.38. The molecule has 0 radical (unpaired) electrons. The van der Waals surface area contributed by atoms with Crippen LogP contribution in [-0.2, 0) is 11.3 Å². The van der Waals surface area contributed by atoms with Crippen molar-refractivity contribution in [1.82, 2.24) is 9.80 Å². The maximum absolute atomic E-state index is 13.0. The predicted octanol–water partition coefficient (Wildman–Crippen LogP) is 5.77. The minimum atomic E-state index is -0.156. The predicted molar refractivity (Wildman–Crippen MR) is 147 cm³/mol. The first kappa shape index (κ1) is 26.8. The molecule has 2 amide bonds. The molecule has 7 nitrogen and oxygen atoms in total. The molecule has 196 valence electrons. The SMILES string of the molecule is COc1ccc(OC)c(NC(=O)N2CCN(CC(OCc3cccc(C)c3)c3ccc(Cl)cc3)CC2)c1. The molecule has 1 aliphatic heterocycles. The smallest absolute Gasteiger partial charge is 0.322 e. The molecule has 0 aliphatic carbocycles. The number of anilines is 1. The number of urea groups is 1. The zero-order chi connectivity index (χ0) is 26.2. The van der Waals surface area contributed by atoms with Gasteiger partial charge in [0.1, 0.15) is 11.5 Å². The van der Waals surface area contributed by atoms with Gasteiger partial charge in [-0.15, -0.1) is 0 Å². The number of aryl methyl sites for hydroxylation is 1. The summed E-state index contributed by atoms with van der Waals surface area (Å²) < 4.78 is 17.1. The molecule has 1 atom stereocenters. The number of rotatable bonds is 9. The highest BCUT2D eigenvalue weighted by atomic mass is 35.5. The van der Waals surface area contributed by atoms with Gasteiger partial charge in [-0.05, 0) is 42.3 Å². The van der Waals surface area contributed by atoms with E-state index in [1.165, 1.54) is 5.56 Å². The molecule has 0 spiro atoms. The number of amides is 2. The van der Waals surface area contributed by atoms with Crippen LogP contribution in [0.1, 0.15) is 22.8 Å². The highest BCUT2D eigenvalue weighted by Gasteiger charge is 2.25. The van der Waals surface area contributed by atoms with Crippen LogP contribution in [0.4, 0.5) is 10.5 Å². The number of carbonyl (C=O) groups excluding carboxylic acids is 1. The fraction of sp³-hybridized carbons (Fsp3) is 0.345. The Labute approximate surface area is 223 Å². The van der Waals surface area contributed by atoms with Crippen molar-refractivity contribution in [3.05, 3.63) is 88.4 Å². The second-order valence-corrected chi connectivity index (χ2v) is 9.56. The Morgan fingerprint density at radius 1 is 0.973 bits per heavy atom. The minimum absolute atomic E-state index is 0.112. The van der Waals surface area contributed by atoms with Crippen LogP contribution in [0.3, 0.4) is 0 Å². The second-order valence-electron chi connectivity index (χ2n) is 9.12. The Morgan fingerprint density at radius 3 is 2.41 bits per heavy atom. The van der Waals surface area contributed by atoms with E-state index in [0.29, 0.717) is 41.9 Å². The van der Waals surface area contributed by atoms with Crippen LogP contribution in [0, 0.1) is 6.92 Å². The van der Waals surface area contributed by atoms with Gasteiger partial charge in [-0.3, -0.25) is 4.90 Å². The molecule has 3 aromatic rings. The maximum Gasteiger partial charge on any atom is 0.322 e. The molecule has 1 fully saturated rings. The zero-order valence-electron chi connectivity index (χ0n) is 21.6. The van der Waals surface area contributed by atoms with Crippen molar-refractivity contribution >= 4 is 23.3 Å². The lowest BCUT2D eigenvalue weighted by atomic mass is 10.1. The van der Waals surface area contributed by atoms with E-state index in [1.54, 1.807) is 32.4 Å². The van der Waals surface area contributed by atoms with Gasteiger partial charge in [-0.1, -0.05) is 53.6 Å². The zero-order valence-corrected chi connectivity index (χ0v) is 22.3. The molecule has 1 saturated heterocycles. The van der Waals surface area contributed by atoms with Crippen molar-refractivity contribution in [3.63, 3.8) is 0 Å². The lowest BCUT2D eigenvalue weighted by molar-refractivity contribution is 0.00592. The van der Waals surface area contributed by atoms with E-state index in [1.807, 2.05) is 29.2 Å². The highest BCUT2D eigenvalue weighted by molar-refractivity contribution is 6.30. The Bertz CT molecular complexity index is 1180. The van der Waals surface area contributed by atoms with Gasteiger partial charge in [-0.25, -0.2) is 4.79 Å². The molecule has 37 heavy (non-hydrogen) atoms. The molecular formula is C29H34ClN3O4. The first-order valence-electron chi connectivity index (χ1n) is 12.4. The normalized spacial score (nSPS) is 14.8. The van der Waals surface area contributed by atoms with Gasteiger partial charge in [0, 0.05) is 43.8 Å². The molecule has 1 unspecified atom stereocenters. The molecule has 8 heteroatoms. The average Bonchev–Trinajstić information content (AvgIpc) is 2.92. The molecule has 0 aromatic heterocycles. The summed E-state index contributed by atoms with van der Waals surface area (Å²) in [5, 5.41) is 3.66. The number of benzene rings is 3. The molecule has 1 N–H and O–H groups in total. The molecule has 1 heterocycles. The maximum atomic E-state index is 13.0. The standard InChI is InChI=1S/C29H34ClN3O4/c1-21-5-4-6-22(17-21)20-37-28(23-7-9-24(30)10-8-23)19-32-13-15-33(16-14-32)29(34)31-26-18-25(35-2)11-12-27(26)36-3/h4-12,17-18,28H,13-16,19-20H2,1-3H3,(H,31,34). The largest absolute Gasteiger partial charge is 0.497 e. The van der Waals surface area contributed by atoms with Crippen LogP contribution in [0.2, 0.25) is 5.02 Å². The number of nitrogens with zero attached hydrogens (tertiary/aromatic N) is 2. The van der Waals surface area contributed by atoms with Crippen LogP contribution < -0.4 is 14.8 Å². The molecular weight excluding hydrogens is 490 g/mol. The van der Waals surface area contributed by atoms with E-state index in [9.17, 15) is 4.79 Å².